The molecular weight excluding hydrogens is 463 g/mol. The number of aromatic nitrogens is 1. The van der Waals surface area contributed by atoms with Crippen molar-refractivity contribution in [3.8, 4) is 0 Å². The molecule has 156 valence electrons. The quantitative estimate of drug-likeness (QED) is 0.580. The number of amides is 1. The van der Waals surface area contributed by atoms with Crippen LogP contribution in [0.4, 0.5) is 27.6 Å². The van der Waals surface area contributed by atoms with Crippen molar-refractivity contribution in [2.24, 2.45) is 5.73 Å². The van der Waals surface area contributed by atoms with Gasteiger partial charge in [0.25, 0.3) is 18.3 Å². The first kappa shape index (κ1) is 21.6. The number of anilines is 1. The molecule has 1 aromatic heterocycles. The lowest BCUT2D eigenvalue weighted by Crippen LogP contribution is -2.68. The maximum Gasteiger partial charge on any atom is 0.275 e. The summed E-state index contributed by atoms with van der Waals surface area (Å²) in [5, 5.41) is 4.35. The number of halogens is 6. The molecule has 1 aromatic carbocycles. The zero-order valence-corrected chi connectivity index (χ0v) is 16.3. The molecule has 0 radical (unpaired) electrons. The second-order valence-corrected chi connectivity index (χ2v) is 7.53. The molecule has 1 fully saturated rings. The number of carbonyl (C=O) groups excluding carboxylic acids is 1. The smallest absolute Gasteiger partial charge is 0.275 e. The summed E-state index contributed by atoms with van der Waals surface area (Å²) in [4.78, 5) is 16.2. The highest BCUT2D eigenvalue weighted by molar-refractivity contribution is 9.10. The number of alkyl halides is 4. The van der Waals surface area contributed by atoms with Gasteiger partial charge in [0.05, 0.1) is 6.17 Å². The van der Waals surface area contributed by atoms with E-state index in [2.05, 4.69) is 26.2 Å². The molecule has 1 aliphatic rings. The molecule has 0 spiro atoms. The minimum atomic E-state index is -3.98. The zero-order chi connectivity index (χ0) is 21.4. The van der Waals surface area contributed by atoms with Gasteiger partial charge < -0.3 is 11.1 Å². The zero-order valence-electron chi connectivity index (χ0n) is 14.7. The van der Waals surface area contributed by atoms with E-state index in [1.54, 1.807) is 6.07 Å². The highest BCUT2D eigenvalue weighted by atomic mass is 79.9. The summed E-state index contributed by atoms with van der Waals surface area (Å²) in [6.45, 7) is 0. The van der Waals surface area contributed by atoms with Crippen molar-refractivity contribution in [3.63, 3.8) is 0 Å². The van der Waals surface area contributed by atoms with E-state index in [4.69, 9.17) is 5.73 Å². The summed E-state index contributed by atoms with van der Waals surface area (Å²) in [5.41, 5.74) is 1.12. The van der Waals surface area contributed by atoms with Crippen LogP contribution in [0, 0.1) is 5.82 Å². The van der Waals surface area contributed by atoms with Gasteiger partial charge in [-0.2, -0.15) is 0 Å². The molecule has 3 rings (SSSR count). The lowest BCUT2D eigenvalue weighted by atomic mass is 9.77. The molecule has 2 atom stereocenters. The van der Waals surface area contributed by atoms with E-state index in [0.717, 1.165) is 18.2 Å². The lowest BCUT2D eigenvalue weighted by Gasteiger charge is -2.46. The Morgan fingerprint density at radius 1 is 1.31 bits per heavy atom. The molecule has 0 saturated carbocycles. The maximum absolute atomic E-state index is 14.6. The van der Waals surface area contributed by atoms with Gasteiger partial charge in [0, 0.05) is 28.3 Å². The molecule has 5 nitrogen and oxygen atoms in total. The van der Waals surface area contributed by atoms with E-state index < -0.39 is 47.8 Å². The van der Waals surface area contributed by atoms with Gasteiger partial charge in [-0.1, -0.05) is 0 Å². The predicted octanol–water partition coefficient (Wildman–Crippen LogP) is 4.00. The van der Waals surface area contributed by atoms with Gasteiger partial charge in [0.15, 0.2) is 5.54 Å². The third-order valence-corrected chi connectivity index (χ3v) is 5.16. The van der Waals surface area contributed by atoms with Crippen LogP contribution >= 0.6 is 15.9 Å². The number of rotatable bonds is 4. The van der Waals surface area contributed by atoms with E-state index in [9.17, 15) is 26.7 Å². The van der Waals surface area contributed by atoms with Gasteiger partial charge in [0.2, 0.25) is 0 Å². The van der Waals surface area contributed by atoms with E-state index in [1.807, 2.05) is 5.32 Å². The van der Waals surface area contributed by atoms with Crippen LogP contribution in [0.5, 0.6) is 0 Å². The van der Waals surface area contributed by atoms with Crippen LogP contribution in [-0.2, 0) is 5.54 Å². The molecule has 1 amide bonds. The Bertz CT molecular complexity index is 912. The van der Waals surface area contributed by atoms with E-state index in [1.165, 1.54) is 12.3 Å². The van der Waals surface area contributed by atoms with Crippen LogP contribution in [-0.4, -0.2) is 29.4 Å². The normalized spacial score (nSPS) is 23.8. The van der Waals surface area contributed by atoms with E-state index >= 15 is 0 Å². The third-order valence-electron chi connectivity index (χ3n) is 4.70. The molecule has 1 saturated heterocycles. The van der Waals surface area contributed by atoms with Crippen molar-refractivity contribution in [1.82, 2.24) is 10.3 Å². The first-order chi connectivity index (χ1) is 13.6. The first-order valence-electron chi connectivity index (χ1n) is 8.49. The Morgan fingerprint density at radius 2 is 2.03 bits per heavy atom. The molecule has 0 bridgehead atoms. The summed E-state index contributed by atoms with van der Waals surface area (Å²) >= 11 is 3.16. The summed E-state index contributed by atoms with van der Waals surface area (Å²) in [6, 6.07) is 5.52. The van der Waals surface area contributed by atoms with Crippen molar-refractivity contribution in [3.05, 3.63) is 58.1 Å². The molecule has 1 aliphatic heterocycles. The number of hydrogen-bond donors (Lipinski definition) is 3. The molecule has 1 unspecified atom stereocenters. The van der Waals surface area contributed by atoms with E-state index in [0.29, 0.717) is 4.47 Å². The van der Waals surface area contributed by atoms with Gasteiger partial charge in [-0.3, -0.25) is 10.1 Å². The Kier molecular flexibility index (Phi) is 5.93. The van der Waals surface area contributed by atoms with Crippen LogP contribution in [0.1, 0.15) is 28.9 Å². The van der Waals surface area contributed by atoms with Crippen LogP contribution in [0.2, 0.25) is 0 Å². The minimum absolute atomic E-state index is 0.00853. The maximum atomic E-state index is 14.6. The number of carbonyl (C=O) groups is 1. The molecule has 29 heavy (non-hydrogen) atoms. The van der Waals surface area contributed by atoms with E-state index in [-0.39, 0.29) is 17.8 Å². The number of nitrogens with two attached hydrogens (primary N) is 1. The molecule has 2 heterocycles. The van der Waals surface area contributed by atoms with Gasteiger partial charge >= 0.3 is 0 Å². The molecule has 2 aromatic rings. The predicted molar refractivity (Wildman–Crippen MR) is 99.3 cm³/mol. The fourth-order valence-corrected chi connectivity index (χ4v) is 3.46. The summed E-state index contributed by atoms with van der Waals surface area (Å²) in [7, 11) is 0. The number of benzene rings is 1. The van der Waals surface area contributed by atoms with Gasteiger partial charge in [0.1, 0.15) is 11.5 Å². The van der Waals surface area contributed by atoms with Crippen LogP contribution in [0.15, 0.2) is 41.0 Å². The van der Waals surface area contributed by atoms with Crippen LogP contribution in [0.25, 0.3) is 0 Å². The van der Waals surface area contributed by atoms with Crippen molar-refractivity contribution < 1.29 is 26.7 Å². The number of pyridine rings is 1. The average molecular weight is 479 g/mol. The second-order valence-electron chi connectivity index (χ2n) is 6.61. The number of nitrogens with zero attached hydrogens (tertiary/aromatic N) is 1. The Balaban J connectivity index is 2.01. The summed E-state index contributed by atoms with van der Waals surface area (Å²) < 4.78 is 72.3. The Morgan fingerprint density at radius 3 is 2.66 bits per heavy atom. The lowest BCUT2D eigenvalue weighted by molar-refractivity contribution is -0.181. The van der Waals surface area contributed by atoms with Gasteiger partial charge in [-0.25, -0.2) is 26.9 Å². The Labute approximate surface area is 171 Å². The van der Waals surface area contributed by atoms with Crippen molar-refractivity contribution in [2.75, 3.05) is 5.32 Å². The van der Waals surface area contributed by atoms with Crippen LogP contribution < -0.4 is 16.4 Å². The first-order valence-corrected chi connectivity index (χ1v) is 9.28. The molecular formula is C18H16BrF5N4O. The standard InChI is InChI=1S/C18H16BrF5N4O/c19-9-1-4-13(26-8-9)15(29)27-10-2-3-12(20)11(7-10)18(16(21)22)17(23,24)6-5-14(25)28-18/h1-4,7-8,14,16,28H,5-6,25H2,(H,27,29)/t14?,18-/m0/s1. The molecule has 11 heteroatoms. The largest absolute Gasteiger partial charge is 0.321 e. The fourth-order valence-electron chi connectivity index (χ4n) is 3.23. The van der Waals surface area contributed by atoms with Crippen molar-refractivity contribution in [2.45, 2.75) is 36.9 Å². The third kappa shape index (κ3) is 3.99. The van der Waals surface area contributed by atoms with Crippen molar-refractivity contribution in [1.29, 1.82) is 0 Å². The topological polar surface area (TPSA) is 80.0 Å². The SMILES string of the molecule is NC1CCC(F)(F)[C@](c2cc(NC(=O)c3ccc(Br)cn3)ccc2F)(C(F)F)N1. The monoisotopic (exact) mass is 478 g/mol. The van der Waals surface area contributed by atoms with Gasteiger partial charge in [-0.15, -0.1) is 0 Å². The minimum Gasteiger partial charge on any atom is -0.321 e. The van der Waals surface area contributed by atoms with Crippen LogP contribution in [0.3, 0.4) is 0 Å². The number of hydrogen-bond acceptors (Lipinski definition) is 4. The Hall–Kier alpha value is -2.11. The second kappa shape index (κ2) is 7.96. The highest BCUT2D eigenvalue weighted by Gasteiger charge is 2.64. The molecule has 4 N–H and O–H groups in total. The van der Waals surface area contributed by atoms with Gasteiger partial charge in [-0.05, 0) is 52.7 Å². The summed E-state index contributed by atoms with van der Waals surface area (Å²) in [6.07, 6.45) is -4.67. The number of nitrogens with one attached hydrogen (secondary N) is 2. The molecule has 0 aliphatic carbocycles. The average Bonchev–Trinajstić information content (AvgIpc) is 2.65. The van der Waals surface area contributed by atoms with Crippen molar-refractivity contribution >= 4 is 27.5 Å². The summed E-state index contributed by atoms with van der Waals surface area (Å²) in [5.74, 6) is -5.97. The number of piperidine rings is 1. The highest BCUT2D eigenvalue weighted by Crippen LogP contribution is 2.49. The fraction of sp³-hybridized carbons (Fsp3) is 0.333.